The van der Waals surface area contributed by atoms with Gasteiger partial charge in [0.05, 0.1) is 21.8 Å². The maximum Gasteiger partial charge on any atom is 0.268 e. The van der Waals surface area contributed by atoms with Gasteiger partial charge in [0.2, 0.25) is 10.0 Å². The van der Waals surface area contributed by atoms with Crippen LogP contribution in [0, 0.1) is 0 Å². The molecule has 4 aromatic rings. The molecule has 0 amide bonds. The van der Waals surface area contributed by atoms with Crippen molar-refractivity contribution in [3.05, 3.63) is 88.4 Å². The summed E-state index contributed by atoms with van der Waals surface area (Å²) in [7, 11) is -3.91. The van der Waals surface area contributed by atoms with Gasteiger partial charge in [-0.3, -0.25) is 0 Å². The predicted molar refractivity (Wildman–Crippen MR) is 121 cm³/mol. The van der Waals surface area contributed by atoms with Gasteiger partial charge in [0.15, 0.2) is 0 Å². The van der Waals surface area contributed by atoms with Crippen LogP contribution in [0.2, 0.25) is 10.0 Å². The van der Waals surface area contributed by atoms with E-state index in [-0.39, 0.29) is 21.8 Å². The molecule has 10 heteroatoms. The lowest BCUT2D eigenvalue weighted by atomic mass is 10.0. The highest BCUT2D eigenvalue weighted by molar-refractivity contribution is 7.89. The van der Waals surface area contributed by atoms with Crippen LogP contribution in [0.15, 0.2) is 77.7 Å². The Bertz CT molecular complexity index is 1370. The van der Waals surface area contributed by atoms with Crippen LogP contribution in [0.4, 0.5) is 8.78 Å². The largest absolute Gasteiger partial charge is 0.268 e. The van der Waals surface area contributed by atoms with E-state index in [0.29, 0.717) is 26.9 Å². The molecule has 2 N–H and O–H groups in total. The zero-order chi connectivity index (χ0) is 23.0. The van der Waals surface area contributed by atoms with E-state index in [1.165, 1.54) is 28.9 Å². The normalized spacial score (nSPS) is 11.8. The average Bonchev–Trinajstić information content (AvgIpc) is 3.15. The molecule has 0 aliphatic carbocycles. The number of alkyl halides is 2. The highest BCUT2D eigenvalue weighted by atomic mass is 35.5. The summed E-state index contributed by atoms with van der Waals surface area (Å²) >= 11 is 11.9. The number of nitrogens with zero attached hydrogens (tertiary/aromatic N) is 2. The van der Waals surface area contributed by atoms with E-state index in [2.05, 4.69) is 5.10 Å². The summed E-state index contributed by atoms with van der Waals surface area (Å²) < 4.78 is 53.3. The van der Waals surface area contributed by atoms with E-state index in [9.17, 15) is 17.2 Å². The molecule has 0 fully saturated rings. The maximum atomic E-state index is 14.4. The van der Waals surface area contributed by atoms with Gasteiger partial charge in [-0.05, 0) is 48.5 Å². The number of nitrogens with two attached hydrogens (primary N) is 1. The van der Waals surface area contributed by atoms with E-state index in [0.717, 1.165) is 0 Å². The number of rotatable bonds is 5. The fourth-order valence-electron chi connectivity index (χ4n) is 3.31. The molecule has 0 aliphatic rings. The first-order valence-corrected chi connectivity index (χ1v) is 11.5. The molecule has 5 nitrogen and oxygen atoms in total. The Morgan fingerprint density at radius 1 is 0.812 bits per heavy atom. The summed E-state index contributed by atoms with van der Waals surface area (Å²) in [5.74, 6) is 0. The van der Waals surface area contributed by atoms with Crippen LogP contribution in [-0.4, -0.2) is 18.2 Å². The van der Waals surface area contributed by atoms with Gasteiger partial charge in [-0.25, -0.2) is 27.0 Å². The summed E-state index contributed by atoms with van der Waals surface area (Å²) in [6.45, 7) is 0. The van der Waals surface area contributed by atoms with E-state index in [4.69, 9.17) is 28.3 Å². The molecule has 0 atom stereocenters. The molecular formula is C22H15Cl2F2N3O2S. The molecule has 0 saturated carbocycles. The lowest BCUT2D eigenvalue weighted by Gasteiger charge is -2.11. The number of halogens is 4. The van der Waals surface area contributed by atoms with Gasteiger partial charge in [0.1, 0.15) is 5.69 Å². The maximum absolute atomic E-state index is 14.4. The van der Waals surface area contributed by atoms with Gasteiger partial charge < -0.3 is 0 Å². The van der Waals surface area contributed by atoms with Crippen LogP contribution >= 0.6 is 23.2 Å². The van der Waals surface area contributed by atoms with Crippen molar-refractivity contribution in [2.75, 3.05) is 0 Å². The number of benzene rings is 3. The zero-order valence-electron chi connectivity index (χ0n) is 16.2. The van der Waals surface area contributed by atoms with Crippen LogP contribution in [0.25, 0.3) is 28.2 Å². The quantitative estimate of drug-likeness (QED) is 0.364. The Labute approximate surface area is 193 Å². The van der Waals surface area contributed by atoms with E-state index < -0.39 is 16.4 Å². The van der Waals surface area contributed by atoms with E-state index in [1.807, 2.05) is 0 Å². The molecule has 0 saturated heterocycles. The molecule has 1 heterocycles. The third-order valence-electron chi connectivity index (χ3n) is 4.79. The van der Waals surface area contributed by atoms with Crippen LogP contribution in [0.5, 0.6) is 0 Å². The first-order valence-electron chi connectivity index (χ1n) is 9.21. The second-order valence-corrected chi connectivity index (χ2v) is 9.31. The van der Waals surface area contributed by atoms with Crippen molar-refractivity contribution in [3.8, 4) is 28.2 Å². The summed E-state index contributed by atoms with van der Waals surface area (Å²) in [5, 5.41) is 10.6. The second kappa shape index (κ2) is 8.63. The van der Waals surface area contributed by atoms with Gasteiger partial charge >= 0.3 is 0 Å². The molecule has 0 bridgehead atoms. The Morgan fingerprint density at radius 3 is 1.78 bits per heavy atom. The first-order chi connectivity index (χ1) is 15.1. The minimum Gasteiger partial charge on any atom is -0.232 e. The van der Waals surface area contributed by atoms with Crippen molar-refractivity contribution in [1.29, 1.82) is 0 Å². The first kappa shape index (κ1) is 22.4. The van der Waals surface area contributed by atoms with Crippen LogP contribution in [0.1, 0.15) is 12.0 Å². The third-order valence-corrected chi connectivity index (χ3v) is 6.22. The molecule has 3 aromatic carbocycles. The van der Waals surface area contributed by atoms with Crippen LogP contribution < -0.4 is 5.14 Å². The smallest absolute Gasteiger partial charge is 0.232 e. The lowest BCUT2D eigenvalue weighted by Crippen LogP contribution is -2.12. The van der Waals surface area contributed by atoms with Gasteiger partial charge in [-0.1, -0.05) is 47.5 Å². The molecule has 0 aliphatic heterocycles. The molecule has 1 aromatic heterocycles. The number of aromatic nitrogens is 2. The molecule has 0 spiro atoms. The lowest BCUT2D eigenvalue weighted by molar-refractivity contribution is 0.152. The molecule has 0 radical (unpaired) electrons. The summed E-state index contributed by atoms with van der Waals surface area (Å²) in [6.07, 6.45) is -2.84. The number of primary sulfonamides is 1. The fourth-order valence-corrected chi connectivity index (χ4v) is 4.07. The molecule has 164 valence electrons. The van der Waals surface area contributed by atoms with Crippen molar-refractivity contribution in [2.24, 2.45) is 5.14 Å². The fraction of sp³-hybridized carbons (Fsp3) is 0.0455. The van der Waals surface area contributed by atoms with Crippen molar-refractivity contribution >= 4 is 33.2 Å². The van der Waals surface area contributed by atoms with Crippen molar-refractivity contribution < 1.29 is 17.2 Å². The zero-order valence-corrected chi connectivity index (χ0v) is 18.5. The predicted octanol–water partition coefficient (Wildman–Crippen LogP) is 6.10. The van der Waals surface area contributed by atoms with E-state index >= 15 is 0 Å². The standard InChI is InChI=1S/C22H15Cl2F2N3O2S/c23-15-5-1-13(2-6-15)20-19(22(25)26)21(14-3-7-16(24)8-4-14)29(28-20)17-9-11-18(12-10-17)32(27,30)31/h1-12,22H,(H2,27,30,31). The van der Waals surface area contributed by atoms with Crippen molar-refractivity contribution in [1.82, 2.24) is 9.78 Å². The monoisotopic (exact) mass is 493 g/mol. The minimum absolute atomic E-state index is 0.0807. The highest BCUT2D eigenvalue weighted by Crippen LogP contribution is 2.40. The number of hydrogen-bond acceptors (Lipinski definition) is 3. The molecule has 32 heavy (non-hydrogen) atoms. The average molecular weight is 494 g/mol. The van der Waals surface area contributed by atoms with Crippen molar-refractivity contribution in [3.63, 3.8) is 0 Å². The van der Waals surface area contributed by atoms with Gasteiger partial charge in [-0.15, -0.1) is 0 Å². The highest BCUT2D eigenvalue weighted by Gasteiger charge is 2.27. The number of sulfonamides is 1. The Hall–Kier alpha value is -2.78. The minimum atomic E-state index is -3.91. The number of hydrogen-bond donors (Lipinski definition) is 1. The Morgan fingerprint density at radius 2 is 1.31 bits per heavy atom. The third kappa shape index (κ3) is 4.40. The van der Waals surface area contributed by atoms with Gasteiger partial charge in [-0.2, -0.15) is 5.10 Å². The molecule has 4 rings (SSSR count). The SMILES string of the molecule is NS(=O)(=O)c1ccc(-n2nc(-c3ccc(Cl)cc3)c(C(F)F)c2-c2ccc(Cl)cc2)cc1. The summed E-state index contributed by atoms with van der Waals surface area (Å²) in [5.41, 5.74) is 1.27. The van der Waals surface area contributed by atoms with Gasteiger partial charge in [0.25, 0.3) is 6.43 Å². The van der Waals surface area contributed by atoms with Crippen molar-refractivity contribution in [2.45, 2.75) is 11.3 Å². The van der Waals surface area contributed by atoms with E-state index in [1.54, 1.807) is 48.5 Å². The van der Waals surface area contributed by atoms with Gasteiger partial charge in [0, 0.05) is 21.2 Å². The summed E-state index contributed by atoms with van der Waals surface area (Å²) in [6, 6.07) is 18.3. The second-order valence-electron chi connectivity index (χ2n) is 6.88. The Kier molecular flexibility index (Phi) is 6.05. The molecular weight excluding hydrogens is 479 g/mol. The van der Waals surface area contributed by atoms with Crippen LogP contribution in [0.3, 0.4) is 0 Å². The Balaban J connectivity index is 2.00. The summed E-state index contributed by atoms with van der Waals surface area (Å²) in [4.78, 5) is -0.103. The van der Waals surface area contributed by atoms with Crippen LogP contribution in [-0.2, 0) is 10.0 Å². The molecule has 0 unspecified atom stereocenters. The topological polar surface area (TPSA) is 78.0 Å².